The minimum Gasteiger partial charge on any atom is -0.494 e. The van der Waals surface area contributed by atoms with Gasteiger partial charge in [-0.3, -0.25) is 10.1 Å². The Labute approximate surface area is 219 Å². The zero-order chi connectivity index (χ0) is 25.4. The summed E-state index contributed by atoms with van der Waals surface area (Å²) in [4.78, 5) is 24.7. The maximum absolute atomic E-state index is 12.0. The number of halogens is 1. The molecule has 5 rings (SSSR count). The molecule has 0 saturated carbocycles. The molecule has 1 fully saturated rings. The van der Waals surface area contributed by atoms with Gasteiger partial charge in [0.15, 0.2) is 0 Å². The lowest BCUT2D eigenvalue weighted by molar-refractivity contribution is -0.384. The van der Waals surface area contributed by atoms with Crippen molar-refractivity contribution in [1.82, 2.24) is 24.5 Å². The van der Waals surface area contributed by atoms with Crippen LogP contribution in [0.2, 0.25) is 5.02 Å². The third kappa shape index (κ3) is 5.00. The van der Waals surface area contributed by atoms with Crippen LogP contribution < -0.4 is 15.0 Å². The van der Waals surface area contributed by atoms with Crippen LogP contribution >= 0.6 is 11.6 Å². The summed E-state index contributed by atoms with van der Waals surface area (Å²) in [5, 5.41) is 19.8. The number of ether oxygens (including phenoxy) is 1. The number of nitro benzene ring substituents is 1. The van der Waals surface area contributed by atoms with E-state index in [1.165, 1.54) is 19.4 Å². The zero-order valence-electron chi connectivity index (χ0n) is 20.1. The van der Waals surface area contributed by atoms with Crippen LogP contribution in [0.1, 0.15) is 13.8 Å². The van der Waals surface area contributed by atoms with Crippen molar-refractivity contribution in [3.63, 3.8) is 0 Å². The Morgan fingerprint density at radius 2 is 2.08 bits per heavy atom. The molecule has 12 heteroatoms. The molecular weight excluding hydrogens is 496 g/mol. The molecule has 1 aliphatic rings. The summed E-state index contributed by atoms with van der Waals surface area (Å²) < 4.78 is 7.32. The molecule has 4 aromatic rings. The summed E-state index contributed by atoms with van der Waals surface area (Å²) in [7, 11) is 5.56. The van der Waals surface area contributed by atoms with Crippen LogP contribution in [0.4, 0.5) is 23.0 Å². The number of methoxy groups -OCH3 is 1. The minimum absolute atomic E-state index is 0. The summed E-state index contributed by atoms with van der Waals surface area (Å²) in [6, 6.07) is 9.18. The zero-order valence-corrected chi connectivity index (χ0v) is 20.8. The quantitative estimate of drug-likeness (QED) is 0.267. The first-order valence-corrected chi connectivity index (χ1v) is 11.7. The van der Waals surface area contributed by atoms with Gasteiger partial charge in [0.2, 0.25) is 5.95 Å². The van der Waals surface area contributed by atoms with Gasteiger partial charge in [0, 0.05) is 43.0 Å². The average molecular weight is 525 g/mol. The Morgan fingerprint density at radius 3 is 2.78 bits per heavy atom. The smallest absolute Gasteiger partial charge is 0.294 e. The fourth-order valence-electron chi connectivity index (χ4n) is 4.46. The Balaban J connectivity index is 0.00000320. The molecule has 1 saturated heterocycles. The number of pyridine rings is 1. The van der Waals surface area contributed by atoms with Crippen molar-refractivity contribution in [3.05, 3.63) is 64.1 Å². The molecule has 0 aliphatic carbocycles. The van der Waals surface area contributed by atoms with Gasteiger partial charge in [0.25, 0.3) is 5.69 Å². The third-order valence-electron chi connectivity index (χ3n) is 6.40. The van der Waals surface area contributed by atoms with E-state index < -0.39 is 0 Å². The van der Waals surface area contributed by atoms with Crippen molar-refractivity contribution >= 4 is 40.1 Å². The van der Waals surface area contributed by atoms with E-state index in [1.54, 1.807) is 16.8 Å². The van der Waals surface area contributed by atoms with Gasteiger partial charge in [-0.1, -0.05) is 25.1 Å². The molecule has 11 nitrogen and oxygen atoms in total. The van der Waals surface area contributed by atoms with E-state index in [9.17, 15) is 10.1 Å². The lowest BCUT2D eigenvalue weighted by Gasteiger charge is -2.22. The number of nitrogens with zero attached hydrogens (tertiary/aromatic N) is 7. The van der Waals surface area contributed by atoms with Gasteiger partial charge in [-0.15, -0.1) is 0 Å². The molecule has 37 heavy (non-hydrogen) atoms. The van der Waals surface area contributed by atoms with Crippen molar-refractivity contribution < 1.29 is 9.66 Å². The standard InChI is InChI=1S/C24H25ClN8O3.CH4/c1-30(2)15-7-9-31(14-15)20-11-22(36-3)18(10-21(20)33(34)35)28-24-26-13-17(25)23(29-24)16-12-27-32-8-5-4-6-19(16)32;/h4-6,8,10-13,15H,7,9,14H2,1-3H3,(H,26,28,29);1H4. The van der Waals surface area contributed by atoms with Gasteiger partial charge in [-0.2, -0.15) is 5.10 Å². The molecule has 1 unspecified atom stereocenters. The van der Waals surface area contributed by atoms with Crippen molar-refractivity contribution in [3.8, 4) is 17.0 Å². The second-order valence-corrected chi connectivity index (χ2v) is 9.16. The highest BCUT2D eigenvalue weighted by molar-refractivity contribution is 6.33. The monoisotopic (exact) mass is 524 g/mol. The molecule has 194 valence electrons. The number of aromatic nitrogens is 4. The normalized spacial score (nSPS) is 15.2. The fraction of sp³-hybridized carbons (Fsp3) is 0.320. The molecule has 0 radical (unpaired) electrons. The maximum atomic E-state index is 12.0. The lowest BCUT2D eigenvalue weighted by atomic mass is 10.2. The molecule has 1 N–H and O–H groups in total. The largest absolute Gasteiger partial charge is 0.494 e. The number of benzene rings is 1. The number of nitro groups is 1. The second kappa shape index (κ2) is 10.6. The summed E-state index contributed by atoms with van der Waals surface area (Å²) >= 11 is 6.43. The van der Waals surface area contributed by atoms with Crippen LogP contribution in [0.3, 0.4) is 0 Å². The van der Waals surface area contributed by atoms with Crippen LogP contribution in [-0.2, 0) is 0 Å². The predicted octanol–water partition coefficient (Wildman–Crippen LogP) is 4.88. The Bertz CT molecular complexity index is 1440. The minimum atomic E-state index is -0.379. The summed E-state index contributed by atoms with van der Waals surface area (Å²) in [5.41, 5.74) is 2.95. The van der Waals surface area contributed by atoms with Crippen molar-refractivity contribution in [1.29, 1.82) is 0 Å². The Hall–Kier alpha value is -3.96. The topological polar surface area (TPSA) is 114 Å². The first-order valence-electron chi connectivity index (χ1n) is 11.4. The molecule has 0 spiro atoms. The Kier molecular flexibility index (Phi) is 7.46. The molecule has 4 heterocycles. The summed E-state index contributed by atoms with van der Waals surface area (Å²) in [6.07, 6.45) is 5.93. The first-order chi connectivity index (χ1) is 17.4. The molecule has 3 aromatic heterocycles. The number of hydrogen-bond donors (Lipinski definition) is 1. The van der Waals surface area contributed by atoms with Crippen molar-refractivity contribution in [2.45, 2.75) is 19.9 Å². The van der Waals surface area contributed by atoms with Gasteiger partial charge < -0.3 is 19.9 Å². The van der Waals surface area contributed by atoms with E-state index in [4.69, 9.17) is 16.3 Å². The SMILES string of the molecule is C.COc1cc(N2CCC(N(C)C)C2)c([N+](=O)[O-])cc1Nc1ncc(Cl)c(-c2cnn3ccccc23)n1. The van der Waals surface area contributed by atoms with Crippen LogP contribution in [0.5, 0.6) is 5.75 Å². The fourth-order valence-corrected chi connectivity index (χ4v) is 4.65. The molecule has 1 aromatic carbocycles. The van der Waals surface area contributed by atoms with E-state index >= 15 is 0 Å². The number of anilines is 3. The highest BCUT2D eigenvalue weighted by atomic mass is 35.5. The van der Waals surface area contributed by atoms with Crippen molar-refractivity contribution in [2.24, 2.45) is 0 Å². The number of nitrogens with one attached hydrogen (secondary N) is 1. The van der Waals surface area contributed by atoms with Gasteiger partial charge in [0.1, 0.15) is 11.4 Å². The van der Waals surface area contributed by atoms with E-state index in [2.05, 4.69) is 25.3 Å². The van der Waals surface area contributed by atoms with Crippen molar-refractivity contribution in [2.75, 3.05) is 44.5 Å². The van der Waals surface area contributed by atoms with E-state index in [0.29, 0.717) is 40.4 Å². The molecule has 0 amide bonds. The Morgan fingerprint density at radius 1 is 1.27 bits per heavy atom. The predicted molar refractivity (Wildman–Crippen MR) is 145 cm³/mol. The van der Waals surface area contributed by atoms with E-state index in [-0.39, 0.29) is 24.0 Å². The summed E-state index contributed by atoms with van der Waals surface area (Å²) in [5.74, 6) is 0.666. The van der Waals surface area contributed by atoms with E-state index in [0.717, 1.165) is 24.0 Å². The van der Waals surface area contributed by atoms with Crippen LogP contribution in [0.25, 0.3) is 16.8 Å². The second-order valence-electron chi connectivity index (χ2n) is 8.75. The molecule has 1 atom stereocenters. The number of likely N-dealkylation sites (N-methyl/N-ethyl adjacent to an activating group) is 1. The highest BCUT2D eigenvalue weighted by Crippen LogP contribution is 2.41. The summed E-state index contributed by atoms with van der Waals surface area (Å²) in [6.45, 7) is 1.43. The number of rotatable bonds is 7. The van der Waals surface area contributed by atoms with E-state index in [1.807, 2.05) is 43.4 Å². The van der Waals surface area contributed by atoms with Crippen LogP contribution in [0.15, 0.2) is 48.9 Å². The molecule has 1 aliphatic heterocycles. The molecular formula is C25H29ClN8O3. The molecule has 0 bridgehead atoms. The number of fused-ring (bicyclic) bond motifs is 1. The number of hydrogen-bond acceptors (Lipinski definition) is 9. The van der Waals surface area contributed by atoms with Gasteiger partial charge in [0.05, 0.1) is 46.3 Å². The van der Waals surface area contributed by atoms with Gasteiger partial charge >= 0.3 is 0 Å². The third-order valence-corrected chi connectivity index (χ3v) is 6.68. The van der Waals surface area contributed by atoms with Gasteiger partial charge in [-0.25, -0.2) is 14.5 Å². The maximum Gasteiger partial charge on any atom is 0.294 e. The van der Waals surface area contributed by atoms with Crippen LogP contribution in [-0.4, -0.2) is 69.7 Å². The lowest BCUT2D eigenvalue weighted by Crippen LogP contribution is -2.31. The first kappa shape index (κ1) is 26.1. The van der Waals surface area contributed by atoms with Gasteiger partial charge in [-0.05, 0) is 32.6 Å². The highest BCUT2D eigenvalue weighted by Gasteiger charge is 2.30. The van der Waals surface area contributed by atoms with Crippen LogP contribution in [0, 0.1) is 10.1 Å². The average Bonchev–Trinajstić information content (AvgIpc) is 3.53.